The van der Waals surface area contributed by atoms with Crippen LogP contribution in [0.3, 0.4) is 0 Å². The van der Waals surface area contributed by atoms with E-state index in [1.54, 1.807) is 0 Å². The number of unbranched alkanes of at least 4 members (excludes halogenated alkanes) is 20. The van der Waals surface area contributed by atoms with Crippen LogP contribution in [0.2, 0.25) is 0 Å². The second-order valence-corrected chi connectivity index (χ2v) is 10.5. The molecule has 0 bridgehead atoms. The van der Waals surface area contributed by atoms with E-state index in [2.05, 4.69) is 12.2 Å². The van der Waals surface area contributed by atoms with Crippen LogP contribution in [-0.4, -0.2) is 47.8 Å². The van der Waals surface area contributed by atoms with Crippen LogP contribution in [-0.2, 0) is 9.59 Å². The summed E-state index contributed by atoms with van der Waals surface area (Å²) in [5.74, 6) is -1.69. The normalized spacial score (nSPS) is 11.6. The molecule has 7 heteroatoms. The summed E-state index contributed by atoms with van der Waals surface area (Å²) in [6, 6.07) is -0.716. The Hall–Kier alpha value is -1.18. The Morgan fingerprint density at radius 2 is 1.00 bits per heavy atom. The Morgan fingerprint density at radius 1 is 0.622 bits per heavy atom. The van der Waals surface area contributed by atoms with Gasteiger partial charge in [0, 0.05) is 0 Å². The fraction of sp³-hybridized carbons (Fsp3) is 0.933. The highest BCUT2D eigenvalue weighted by atomic mass is 16.4. The average Bonchev–Trinajstić information content (AvgIpc) is 2.87. The molecular weight excluding hydrogens is 466 g/mol. The third-order valence-electron chi connectivity index (χ3n) is 6.77. The van der Waals surface area contributed by atoms with Crippen molar-refractivity contribution in [3.8, 4) is 0 Å². The van der Waals surface area contributed by atoms with Crippen LogP contribution in [0, 0.1) is 0 Å². The van der Waals surface area contributed by atoms with E-state index < -0.39 is 18.0 Å². The Morgan fingerprint density at radius 3 is 1.32 bits per heavy atom. The van der Waals surface area contributed by atoms with Gasteiger partial charge in [-0.05, 0) is 32.4 Å². The molecule has 0 saturated carbocycles. The summed E-state index contributed by atoms with van der Waals surface area (Å²) in [7, 11) is 0. The number of carboxylic acid groups (broad SMARTS) is 2. The number of rotatable bonds is 28. The molecular formula is C30H63N3O4. The number of hydrogen-bond acceptors (Lipinski definition) is 5. The van der Waals surface area contributed by atoms with Crippen LogP contribution >= 0.6 is 0 Å². The first kappa shape index (κ1) is 38.0. The molecule has 0 amide bonds. The van der Waals surface area contributed by atoms with E-state index in [1.807, 2.05) is 0 Å². The minimum absolute atomic E-state index is 0.0964. The molecule has 0 rings (SSSR count). The SMILES string of the molecule is CCCCCCCCCCCCCCCCCCCCCCNCC(=O)O.NCCCC[C@H](N)C(=O)O. The molecule has 0 aromatic heterocycles. The van der Waals surface area contributed by atoms with Crippen LogP contribution in [0.25, 0.3) is 0 Å². The Bertz CT molecular complexity index is 478. The zero-order valence-corrected chi connectivity index (χ0v) is 24.3. The van der Waals surface area contributed by atoms with Crippen LogP contribution in [0.1, 0.15) is 155 Å². The van der Waals surface area contributed by atoms with Gasteiger partial charge in [-0.3, -0.25) is 9.59 Å². The van der Waals surface area contributed by atoms with Crippen molar-refractivity contribution in [1.29, 1.82) is 0 Å². The predicted octanol–water partition coefficient (Wildman–Crippen LogP) is 7.01. The number of carbonyl (C=O) groups is 2. The Kier molecular flexibility index (Phi) is 33.7. The average molecular weight is 530 g/mol. The highest BCUT2D eigenvalue weighted by Crippen LogP contribution is 2.14. The van der Waals surface area contributed by atoms with Crippen molar-refractivity contribution >= 4 is 11.9 Å². The van der Waals surface area contributed by atoms with Gasteiger partial charge in [0.25, 0.3) is 0 Å². The molecule has 7 N–H and O–H groups in total. The summed E-state index contributed by atoms with van der Waals surface area (Å²) in [5, 5.41) is 19.8. The first-order chi connectivity index (χ1) is 18.0. The maximum absolute atomic E-state index is 10.3. The number of carboxylic acids is 2. The third-order valence-corrected chi connectivity index (χ3v) is 6.77. The molecule has 0 aromatic rings. The highest BCUT2D eigenvalue weighted by molar-refractivity contribution is 5.72. The fourth-order valence-electron chi connectivity index (χ4n) is 4.33. The lowest BCUT2D eigenvalue weighted by Gasteiger charge is -2.04. The van der Waals surface area contributed by atoms with Crippen molar-refractivity contribution in [3.05, 3.63) is 0 Å². The molecule has 0 heterocycles. The molecule has 0 unspecified atom stereocenters. The maximum Gasteiger partial charge on any atom is 0.320 e. The van der Waals surface area contributed by atoms with Crippen molar-refractivity contribution in [1.82, 2.24) is 5.32 Å². The quantitative estimate of drug-likeness (QED) is 0.0687. The van der Waals surface area contributed by atoms with E-state index in [9.17, 15) is 9.59 Å². The molecule has 0 aromatic carbocycles. The van der Waals surface area contributed by atoms with Crippen LogP contribution in [0.5, 0.6) is 0 Å². The van der Waals surface area contributed by atoms with Crippen LogP contribution in [0.4, 0.5) is 0 Å². The Balaban J connectivity index is 0. The number of nitrogens with two attached hydrogens (primary N) is 2. The molecule has 0 fully saturated rings. The second kappa shape index (κ2) is 32.8. The van der Waals surface area contributed by atoms with Gasteiger partial charge < -0.3 is 27.0 Å². The smallest absolute Gasteiger partial charge is 0.320 e. The van der Waals surface area contributed by atoms with E-state index in [0.29, 0.717) is 13.0 Å². The van der Waals surface area contributed by atoms with Gasteiger partial charge in [0.2, 0.25) is 0 Å². The number of aliphatic carboxylic acids is 2. The lowest BCUT2D eigenvalue weighted by molar-refractivity contribution is -0.139. The monoisotopic (exact) mass is 529 g/mol. The maximum atomic E-state index is 10.3. The number of hydrogen-bond donors (Lipinski definition) is 5. The van der Waals surface area contributed by atoms with Gasteiger partial charge in [0.1, 0.15) is 6.04 Å². The van der Waals surface area contributed by atoms with Crippen molar-refractivity contribution in [2.24, 2.45) is 11.5 Å². The zero-order valence-electron chi connectivity index (χ0n) is 24.3. The Labute approximate surface area is 228 Å². The minimum atomic E-state index is -0.933. The minimum Gasteiger partial charge on any atom is -0.480 e. The van der Waals surface area contributed by atoms with E-state index >= 15 is 0 Å². The molecule has 37 heavy (non-hydrogen) atoms. The lowest BCUT2D eigenvalue weighted by Crippen LogP contribution is -2.29. The first-order valence-electron chi connectivity index (χ1n) is 15.6. The predicted molar refractivity (Wildman–Crippen MR) is 157 cm³/mol. The van der Waals surface area contributed by atoms with Gasteiger partial charge in [-0.25, -0.2) is 0 Å². The summed E-state index contributed by atoms with van der Waals surface area (Å²) >= 11 is 0. The van der Waals surface area contributed by atoms with Crippen molar-refractivity contribution in [3.63, 3.8) is 0 Å². The van der Waals surface area contributed by atoms with Crippen molar-refractivity contribution < 1.29 is 19.8 Å². The summed E-state index contributed by atoms with van der Waals surface area (Å²) in [4.78, 5) is 20.5. The second-order valence-electron chi connectivity index (χ2n) is 10.5. The molecule has 1 atom stereocenters. The molecule has 0 spiro atoms. The largest absolute Gasteiger partial charge is 0.480 e. The molecule has 7 nitrogen and oxygen atoms in total. The number of nitrogens with one attached hydrogen (secondary N) is 1. The third kappa shape index (κ3) is 37.0. The molecule has 0 aliphatic heterocycles. The van der Waals surface area contributed by atoms with Crippen LogP contribution in [0.15, 0.2) is 0 Å². The van der Waals surface area contributed by atoms with E-state index in [0.717, 1.165) is 25.8 Å². The zero-order chi connectivity index (χ0) is 27.8. The molecule has 0 radical (unpaired) electrons. The van der Waals surface area contributed by atoms with Gasteiger partial charge in [-0.1, -0.05) is 135 Å². The van der Waals surface area contributed by atoms with E-state index in [4.69, 9.17) is 21.7 Å². The first-order valence-corrected chi connectivity index (χ1v) is 15.6. The van der Waals surface area contributed by atoms with Crippen molar-refractivity contribution in [2.45, 2.75) is 161 Å². The van der Waals surface area contributed by atoms with Crippen LogP contribution < -0.4 is 16.8 Å². The summed E-state index contributed by atoms with van der Waals surface area (Å²) < 4.78 is 0. The fourth-order valence-corrected chi connectivity index (χ4v) is 4.33. The van der Waals surface area contributed by atoms with Gasteiger partial charge in [-0.15, -0.1) is 0 Å². The summed E-state index contributed by atoms with van der Waals surface area (Å²) in [6.45, 7) is 3.83. The topological polar surface area (TPSA) is 139 Å². The molecule has 0 aliphatic carbocycles. The van der Waals surface area contributed by atoms with Gasteiger partial charge in [0.05, 0.1) is 6.54 Å². The highest BCUT2D eigenvalue weighted by Gasteiger charge is 2.09. The summed E-state index contributed by atoms with van der Waals surface area (Å²) in [6.07, 6.45) is 30.1. The standard InChI is InChI=1S/C24H49NO2.C6H14N2O2/c1-2-3-4-5-6-7-8-9-10-11-12-13-14-15-16-17-18-19-20-21-22-25-23-24(26)27;7-4-2-1-3-5(8)6(9)10/h25H,2-23H2,1H3,(H,26,27);5H,1-4,7-8H2,(H,9,10)/t;5-/m.0/s1. The summed E-state index contributed by atoms with van der Waals surface area (Å²) in [5.41, 5.74) is 10.4. The molecule has 0 saturated heterocycles. The van der Waals surface area contributed by atoms with Gasteiger partial charge in [0.15, 0.2) is 0 Å². The van der Waals surface area contributed by atoms with E-state index in [-0.39, 0.29) is 6.54 Å². The van der Waals surface area contributed by atoms with Gasteiger partial charge >= 0.3 is 11.9 Å². The van der Waals surface area contributed by atoms with Gasteiger partial charge in [-0.2, -0.15) is 0 Å². The molecule has 0 aliphatic rings. The lowest BCUT2D eigenvalue weighted by atomic mass is 10.0. The van der Waals surface area contributed by atoms with E-state index in [1.165, 1.54) is 122 Å². The molecule has 222 valence electrons. The van der Waals surface area contributed by atoms with Crippen molar-refractivity contribution in [2.75, 3.05) is 19.6 Å².